The van der Waals surface area contributed by atoms with Gasteiger partial charge in [-0.25, -0.2) is 0 Å². The molecule has 6 nitrogen and oxygen atoms in total. The van der Waals surface area contributed by atoms with Crippen LogP contribution >= 0.6 is 0 Å². The molecular weight excluding hydrogens is 354 g/mol. The summed E-state index contributed by atoms with van der Waals surface area (Å²) in [5, 5.41) is 3.01. The Morgan fingerprint density at radius 1 is 1.32 bits per heavy atom. The summed E-state index contributed by atoms with van der Waals surface area (Å²) in [6, 6.07) is 8.01. The summed E-state index contributed by atoms with van der Waals surface area (Å²) < 4.78 is 5.81. The molecule has 0 unspecified atom stereocenters. The molecule has 2 aliphatic rings. The van der Waals surface area contributed by atoms with Gasteiger partial charge < -0.3 is 15.0 Å². The molecule has 154 valence electrons. The number of carbonyl (C=O) groups excluding carboxylic acids is 2. The first-order valence-electron chi connectivity index (χ1n) is 10.5. The van der Waals surface area contributed by atoms with Crippen LogP contribution in [0.5, 0.6) is 0 Å². The summed E-state index contributed by atoms with van der Waals surface area (Å²) in [5.74, 6) is 0.292. The molecule has 1 aromatic carbocycles. The maximum absolute atomic E-state index is 12.6. The van der Waals surface area contributed by atoms with Crippen LogP contribution in [0, 0.1) is 11.8 Å². The molecule has 28 heavy (non-hydrogen) atoms. The highest BCUT2D eigenvalue weighted by atomic mass is 16.5. The quantitative estimate of drug-likeness (QED) is 0.778. The molecule has 0 bridgehead atoms. The van der Waals surface area contributed by atoms with Crippen molar-refractivity contribution in [2.45, 2.75) is 39.7 Å². The van der Waals surface area contributed by atoms with Crippen molar-refractivity contribution < 1.29 is 14.3 Å². The highest BCUT2D eigenvalue weighted by molar-refractivity contribution is 6.00. The molecule has 0 radical (unpaired) electrons. The van der Waals surface area contributed by atoms with Gasteiger partial charge in [0.2, 0.25) is 11.8 Å². The van der Waals surface area contributed by atoms with Crippen LogP contribution in [0.3, 0.4) is 0 Å². The minimum atomic E-state index is -0.298. The minimum absolute atomic E-state index is 0.0189. The van der Waals surface area contributed by atoms with E-state index in [2.05, 4.69) is 37.1 Å². The van der Waals surface area contributed by atoms with Gasteiger partial charge in [0.05, 0.1) is 18.6 Å². The molecule has 2 aliphatic heterocycles. The van der Waals surface area contributed by atoms with E-state index in [1.165, 1.54) is 5.56 Å². The summed E-state index contributed by atoms with van der Waals surface area (Å²) >= 11 is 0. The van der Waals surface area contributed by atoms with E-state index in [4.69, 9.17) is 4.74 Å². The summed E-state index contributed by atoms with van der Waals surface area (Å²) in [7, 11) is 0. The first kappa shape index (κ1) is 20.8. The first-order chi connectivity index (χ1) is 13.5. The van der Waals surface area contributed by atoms with Gasteiger partial charge in [0.1, 0.15) is 0 Å². The lowest BCUT2D eigenvalue weighted by Gasteiger charge is -2.34. The zero-order valence-electron chi connectivity index (χ0n) is 17.3. The lowest BCUT2D eigenvalue weighted by atomic mass is 10.1. The summed E-state index contributed by atoms with van der Waals surface area (Å²) in [4.78, 5) is 29.2. The average Bonchev–Trinajstić information content (AvgIpc) is 3.08. The first-order valence-corrected chi connectivity index (χ1v) is 10.5. The Kier molecular flexibility index (Phi) is 7.08. The summed E-state index contributed by atoms with van der Waals surface area (Å²) in [6.45, 7) is 11.0. The number of anilines is 1. The zero-order valence-corrected chi connectivity index (χ0v) is 17.3. The SMILES string of the molecule is CCc1cccc(N2C[C@H](C(=O)NC[C@H]3CN(CC(C)C)CCO3)CC2=O)c1. The van der Waals surface area contributed by atoms with Gasteiger partial charge in [-0.3, -0.25) is 14.5 Å². The Morgan fingerprint density at radius 2 is 2.14 bits per heavy atom. The normalized spacial score (nSPS) is 23.4. The lowest BCUT2D eigenvalue weighted by molar-refractivity contribution is -0.127. The number of hydrogen-bond donors (Lipinski definition) is 1. The van der Waals surface area contributed by atoms with E-state index in [0.717, 1.165) is 31.7 Å². The number of morpholine rings is 1. The van der Waals surface area contributed by atoms with Gasteiger partial charge in [-0.05, 0) is 30.0 Å². The van der Waals surface area contributed by atoms with Crippen molar-refractivity contribution in [1.29, 1.82) is 0 Å². The second kappa shape index (κ2) is 9.52. The molecule has 1 aromatic rings. The number of amides is 2. The molecule has 0 saturated carbocycles. The maximum Gasteiger partial charge on any atom is 0.227 e. The van der Waals surface area contributed by atoms with Crippen LogP contribution in [0.4, 0.5) is 5.69 Å². The molecule has 2 fully saturated rings. The molecule has 2 saturated heterocycles. The van der Waals surface area contributed by atoms with Gasteiger partial charge in [-0.15, -0.1) is 0 Å². The molecular formula is C22H33N3O3. The maximum atomic E-state index is 12.6. The number of nitrogens with zero attached hydrogens (tertiary/aromatic N) is 2. The highest BCUT2D eigenvalue weighted by Gasteiger charge is 2.35. The van der Waals surface area contributed by atoms with E-state index in [0.29, 0.717) is 25.6 Å². The standard InChI is InChI=1S/C22H33N3O3/c1-4-17-6-5-7-19(10-17)25-14-18(11-21(25)26)22(27)23-12-20-15-24(8-9-28-20)13-16(2)3/h5-7,10,16,18,20H,4,8-9,11-15H2,1-3H3,(H,23,27)/t18-,20+/m1/s1. The smallest absolute Gasteiger partial charge is 0.227 e. The number of nitrogens with one attached hydrogen (secondary N) is 1. The fourth-order valence-electron chi connectivity index (χ4n) is 4.02. The number of aryl methyl sites for hydroxylation is 1. The van der Waals surface area contributed by atoms with E-state index >= 15 is 0 Å². The van der Waals surface area contributed by atoms with Crippen molar-refractivity contribution in [3.05, 3.63) is 29.8 Å². The monoisotopic (exact) mass is 387 g/mol. The number of carbonyl (C=O) groups is 2. The Bertz CT molecular complexity index is 691. The Morgan fingerprint density at radius 3 is 2.89 bits per heavy atom. The molecule has 0 aromatic heterocycles. The Balaban J connectivity index is 1.50. The van der Waals surface area contributed by atoms with Crippen LogP contribution in [0.1, 0.15) is 32.8 Å². The summed E-state index contributed by atoms with van der Waals surface area (Å²) in [6.07, 6.45) is 1.22. The van der Waals surface area contributed by atoms with Gasteiger partial charge in [0.15, 0.2) is 0 Å². The average molecular weight is 388 g/mol. The molecule has 1 N–H and O–H groups in total. The van der Waals surface area contributed by atoms with E-state index in [1.807, 2.05) is 18.2 Å². The van der Waals surface area contributed by atoms with Crippen LogP contribution in [0.15, 0.2) is 24.3 Å². The fraction of sp³-hybridized carbons (Fsp3) is 0.636. The molecule has 6 heteroatoms. The van der Waals surface area contributed by atoms with E-state index in [-0.39, 0.29) is 30.3 Å². The van der Waals surface area contributed by atoms with Crippen molar-refractivity contribution in [2.75, 3.05) is 44.2 Å². The van der Waals surface area contributed by atoms with Crippen molar-refractivity contribution >= 4 is 17.5 Å². The van der Waals surface area contributed by atoms with Crippen LogP contribution in [-0.2, 0) is 20.7 Å². The molecule has 2 heterocycles. The van der Waals surface area contributed by atoms with Crippen molar-refractivity contribution in [1.82, 2.24) is 10.2 Å². The summed E-state index contributed by atoms with van der Waals surface area (Å²) in [5.41, 5.74) is 2.08. The zero-order chi connectivity index (χ0) is 20.1. The topological polar surface area (TPSA) is 61.9 Å². The van der Waals surface area contributed by atoms with Crippen molar-refractivity contribution in [3.8, 4) is 0 Å². The van der Waals surface area contributed by atoms with Gasteiger partial charge in [0.25, 0.3) is 0 Å². The number of rotatable bonds is 7. The van der Waals surface area contributed by atoms with E-state index < -0.39 is 0 Å². The second-order valence-electron chi connectivity index (χ2n) is 8.32. The van der Waals surface area contributed by atoms with Gasteiger partial charge >= 0.3 is 0 Å². The minimum Gasteiger partial charge on any atom is -0.374 e. The molecule has 2 amide bonds. The second-order valence-corrected chi connectivity index (χ2v) is 8.32. The van der Waals surface area contributed by atoms with Crippen LogP contribution < -0.4 is 10.2 Å². The Labute approximate surface area is 168 Å². The molecule has 0 spiro atoms. The highest BCUT2D eigenvalue weighted by Crippen LogP contribution is 2.26. The van der Waals surface area contributed by atoms with Crippen LogP contribution in [-0.4, -0.2) is 62.1 Å². The van der Waals surface area contributed by atoms with Crippen LogP contribution in [0.25, 0.3) is 0 Å². The number of ether oxygens (including phenoxy) is 1. The van der Waals surface area contributed by atoms with Gasteiger partial charge in [0, 0.05) is 44.8 Å². The van der Waals surface area contributed by atoms with Gasteiger partial charge in [-0.1, -0.05) is 32.9 Å². The van der Waals surface area contributed by atoms with Crippen LogP contribution in [0.2, 0.25) is 0 Å². The van der Waals surface area contributed by atoms with E-state index in [9.17, 15) is 9.59 Å². The van der Waals surface area contributed by atoms with Gasteiger partial charge in [-0.2, -0.15) is 0 Å². The number of benzene rings is 1. The fourth-order valence-corrected chi connectivity index (χ4v) is 4.02. The molecule has 2 atom stereocenters. The third kappa shape index (κ3) is 5.32. The number of hydrogen-bond acceptors (Lipinski definition) is 4. The predicted molar refractivity (Wildman–Crippen MR) is 110 cm³/mol. The van der Waals surface area contributed by atoms with Crippen molar-refractivity contribution in [3.63, 3.8) is 0 Å². The predicted octanol–water partition coefficient (Wildman–Crippen LogP) is 2.07. The molecule has 0 aliphatic carbocycles. The lowest BCUT2D eigenvalue weighted by Crippen LogP contribution is -2.49. The third-order valence-corrected chi connectivity index (χ3v) is 5.48. The largest absolute Gasteiger partial charge is 0.374 e. The Hall–Kier alpha value is -1.92. The van der Waals surface area contributed by atoms with Crippen molar-refractivity contribution in [2.24, 2.45) is 11.8 Å². The van der Waals surface area contributed by atoms with E-state index in [1.54, 1.807) is 4.90 Å². The third-order valence-electron chi connectivity index (χ3n) is 5.48. The molecule has 3 rings (SSSR count).